The molecule has 0 amide bonds. The lowest BCUT2D eigenvalue weighted by atomic mass is 9.63. The van der Waals surface area contributed by atoms with Gasteiger partial charge in [0.2, 0.25) is 0 Å². The number of para-hydroxylation sites is 1. The summed E-state index contributed by atoms with van der Waals surface area (Å²) in [5, 5.41) is 1.55. The molecule has 5 heterocycles. The number of hydrogen-bond donors (Lipinski definition) is 0. The second-order valence-corrected chi connectivity index (χ2v) is 9.98. The van der Waals surface area contributed by atoms with Crippen LogP contribution in [0.3, 0.4) is 0 Å². The summed E-state index contributed by atoms with van der Waals surface area (Å²) in [7, 11) is 0. The van der Waals surface area contributed by atoms with Gasteiger partial charge in [-0.1, -0.05) is 31.5 Å². The van der Waals surface area contributed by atoms with Crippen molar-refractivity contribution < 1.29 is 0 Å². The molecular formula is C25H37Cl2N3. The lowest BCUT2D eigenvalue weighted by Crippen LogP contribution is -2.54. The molecular weight excluding hydrogens is 413 g/mol. The summed E-state index contributed by atoms with van der Waals surface area (Å²) in [6, 6.07) is 10.6. The third kappa shape index (κ3) is 3.23. The maximum atomic E-state index is 2.86. The van der Waals surface area contributed by atoms with E-state index in [9.17, 15) is 0 Å². The molecule has 0 spiro atoms. The molecule has 166 valence electrons. The highest BCUT2D eigenvalue weighted by molar-refractivity contribution is 5.86. The number of benzene rings is 1. The van der Waals surface area contributed by atoms with Crippen molar-refractivity contribution in [2.45, 2.75) is 70.4 Å². The minimum absolute atomic E-state index is 0. The fourth-order valence-electron chi connectivity index (χ4n) is 7.43. The average Bonchev–Trinajstić information content (AvgIpc) is 3.09. The van der Waals surface area contributed by atoms with Gasteiger partial charge in [0.05, 0.1) is 6.04 Å². The Kier molecular flexibility index (Phi) is 6.48. The zero-order valence-corrected chi connectivity index (χ0v) is 19.9. The van der Waals surface area contributed by atoms with Gasteiger partial charge < -0.3 is 9.47 Å². The second-order valence-electron chi connectivity index (χ2n) is 9.98. The van der Waals surface area contributed by atoms with Crippen molar-refractivity contribution in [3.63, 3.8) is 0 Å². The van der Waals surface area contributed by atoms with E-state index in [0.717, 1.165) is 0 Å². The predicted octanol–water partition coefficient (Wildman–Crippen LogP) is 6.01. The number of halogens is 2. The van der Waals surface area contributed by atoms with Crippen LogP contribution in [-0.2, 0) is 6.42 Å². The van der Waals surface area contributed by atoms with Crippen LogP contribution in [-0.4, -0.2) is 47.1 Å². The molecule has 1 aromatic heterocycles. The zero-order chi connectivity index (χ0) is 18.7. The van der Waals surface area contributed by atoms with Crippen molar-refractivity contribution >= 4 is 35.7 Å². The highest BCUT2D eigenvalue weighted by Crippen LogP contribution is 2.59. The Morgan fingerprint density at radius 2 is 1.77 bits per heavy atom. The van der Waals surface area contributed by atoms with Gasteiger partial charge in [0.15, 0.2) is 0 Å². The first-order valence-electron chi connectivity index (χ1n) is 11.9. The first-order valence-corrected chi connectivity index (χ1v) is 11.9. The first-order chi connectivity index (χ1) is 13.8. The van der Waals surface area contributed by atoms with Crippen molar-refractivity contribution in [1.29, 1.82) is 0 Å². The number of nitrogens with zero attached hydrogens (tertiary/aromatic N) is 3. The lowest BCUT2D eigenvalue weighted by molar-refractivity contribution is -0.0400. The molecule has 3 nitrogen and oxygen atoms in total. The van der Waals surface area contributed by atoms with Gasteiger partial charge in [0, 0.05) is 35.7 Å². The van der Waals surface area contributed by atoms with Gasteiger partial charge >= 0.3 is 0 Å². The number of fused-ring (bicyclic) bond motifs is 3. The summed E-state index contributed by atoms with van der Waals surface area (Å²) in [5.41, 5.74) is 5.44. The summed E-state index contributed by atoms with van der Waals surface area (Å²) in [6.45, 7) is 8.95. The van der Waals surface area contributed by atoms with Crippen LogP contribution in [0.15, 0.2) is 24.3 Å². The molecule has 0 N–H and O–H groups in total. The van der Waals surface area contributed by atoms with Crippen LogP contribution >= 0.6 is 24.8 Å². The van der Waals surface area contributed by atoms with Crippen molar-refractivity contribution in [3.05, 3.63) is 35.5 Å². The molecule has 2 fully saturated rings. The van der Waals surface area contributed by atoms with Crippen molar-refractivity contribution in [3.8, 4) is 0 Å². The van der Waals surface area contributed by atoms with Crippen LogP contribution in [0.4, 0.5) is 0 Å². The first kappa shape index (κ1) is 22.5. The standard InChI is InChI=1S/C25H35N3.2ClH/c1-2-25-12-8-15-27-16-11-21-20-9-4-5-10-22(20)28(23(21)24(25)27)19(17-25)18-26-13-6-3-7-14-26;;/h4-5,9-10,19,24H,2-3,6-8,11-18H2,1H3;2*1H/t19?,24-,25+;;/m1../s1. The Labute approximate surface area is 194 Å². The predicted molar refractivity (Wildman–Crippen MR) is 130 cm³/mol. The van der Waals surface area contributed by atoms with E-state index in [4.69, 9.17) is 0 Å². The maximum absolute atomic E-state index is 2.86. The third-order valence-electron chi connectivity index (χ3n) is 8.66. The molecule has 5 heteroatoms. The third-order valence-corrected chi connectivity index (χ3v) is 8.66. The van der Waals surface area contributed by atoms with Crippen molar-refractivity contribution in [2.75, 3.05) is 32.7 Å². The highest BCUT2D eigenvalue weighted by Gasteiger charge is 2.53. The Hall–Kier alpha value is -0.740. The van der Waals surface area contributed by atoms with Crippen molar-refractivity contribution in [1.82, 2.24) is 14.4 Å². The Morgan fingerprint density at radius 1 is 0.967 bits per heavy atom. The van der Waals surface area contributed by atoms with Crippen molar-refractivity contribution in [2.24, 2.45) is 5.41 Å². The van der Waals surface area contributed by atoms with Crippen LogP contribution in [0.2, 0.25) is 0 Å². The molecule has 4 aliphatic rings. The van der Waals surface area contributed by atoms with Gasteiger partial charge in [-0.2, -0.15) is 0 Å². The Bertz CT molecular complexity index is 888. The normalized spacial score (nSPS) is 31.0. The fourth-order valence-corrected chi connectivity index (χ4v) is 7.43. The van der Waals surface area contributed by atoms with Gasteiger partial charge in [-0.05, 0) is 81.6 Å². The van der Waals surface area contributed by atoms with Crippen LogP contribution in [0, 0.1) is 5.41 Å². The van der Waals surface area contributed by atoms with Crippen LogP contribution < -0.4 is 0 Å². The monoisotopic (exact) mass is 449 g/mol. The SMILES string of the molecule is CC[C@]12CCCN3CCc4c(n(c5ccccc45)C(CN4CCCCC4)C1)[C@@H]32.Cl.Cl. The topological polar surface area (TPSA) is 11.4 Å². The fraction of sp³-hybridized carbons (Fsp3) is 0.680. The van der Waals surface area contributed by atoms with E-state index >= 15 is 0 Å². The average molecular weight is 450 g/mol. The zero-order valence-electron chi connectivity index (χ0n) is 18.3. The largest absolute Gasteiger partial charge is 0.338 e. The van der Waals surface area contributed by atoms with E-state index in [0.29, 0.717) is 17.5 Å². The molecule has 3 atom stereocenters. The minimum Gasteiger partial charge on any atom is -0.338 e. The molecule has 2 aromatic rings. The summed E-state index contributed by atoms with van der Waals surface area (Å²) >= 11 is 0. The van der Waals surface area contributed by atoms with E-state index in [2.05, 4.69) is 45.6 Å². The van der Waals surface area contributed by atoms with Gasteiger partial charge in [-0.3, -0.25) is 4.90 Å². The van der Waals surface area contributed by atoms with E-state index in [1.165, 1.54) is 89.6 Å². The highest BCUT2D eigenvalue weighted by atomic mass is 35.5. The molecule has 4 aliphatic heterocycles. The van der Waals surface area contributed by atoms with Gasteiger partial charge in [0.25, 0.3) is 0 Å². The summed E-state index contributed by atoms with van der Waals surface area (Å²) in [6.07, 6.45) is 11.0. The van der Waals surface area contributed by atoms with Crippen LogP contribution in [0.1, 0.15) is 75.2 Å². The molecule has 1 unspecified atom stereocenters. The quantitative estimate of drug-likeness (QED) is 0.568. The Balaban J connectivity index is 0.00000109. The molecule has 0 saturated carbocycles. The summed E-state index contributed by atoms with van der Waals surface area (Å²) in [4.78, 5) is 5.64. The second kappa shape index (κ2) is 8.65. The Morgan fingerprint density at radius 3 is 2.57 bits per heavy atom. The summed E-state index contributed by atoms with van der Waals surface area (Å²) < 4.78 is 2.84. The number of rotatable bonds is 3. The molecule has 0 bridgehead atoms. The minimum atomic E-state index is 0. The molecule has 30 heavy (non-hydrogen) atoms. The molecule has 0 radical (unpaired) electrons. The van der Waals surface area contributed by atoms with Gasteiger partial charge in [-0.25, -0.2) is 0 Å². The maximum Gasteiger partial charge on any atom is 0.0561 e. The van der Waals surface area contributed by atoms with Crippen LogP contribution in [0.5, 0.6) is 0 Å². The molecule has 1 aromatic carbocycles. The summed E-state index contributed by atoms with van der Waals surface area (Å²) in [5.74, 6) is 0. The number of likely N-dealkylation sites (tertiary alicyclic amines) is 1. The van der Waals surface area contributed by atoms with Gasteiger partial charge in [0.1, 0.15) is 0 Å². The molecule has 0 aliphatic carbocycles. The van der Waals surface area contributed by atoms with E-state index < -0.39 is 0 Å². The lowest BCUT2D eigenvalue weighted by Gasteiger charge is -2.57. The smallest absolute Gasteiger partial charge is 0.0561 e. The van der Waals surface area contributed by atoms with E-state index in [-0.39, 0.29) is 24.8 Å². The number of aromatic nitrogens is 1. The number of hydrogen-bond acceptors (Lipinski definition) is 2. The van der Waals surface area contributed by atoms with Gasteiger partial charge in [-0.15, -0.1) is 24.8 Å². The van der Waals surface area contributed by atoms with E-state index in [1.807, 2.05) is 0 Å². The van der Waals surface area contributed by atoms with E-state index in [1.54, 1.807) is 16.6 Å². The molecule has 2 saturated heterocycles. The van der Waals surface area contributed by atoms with Crippen LogP contribution in [0.25, 0.3) is 10.9 Å². The number of piperidine rings is 2. The molecule has 6 rings (SSSR count).